The highest BCUT2D eigenvalue weighted by Crippen LogP contribution is 2.13. The molecule has 0 bridgehead atoms. The van der Waals surface area contributed by atoms with Gasteiger partial charge in [-0.05, 0) is 32.9 Å². The first-order chi connectivity index (χ1) is 8.46. The number of nitrogens with zero attached hydrogens (tertiary/aromatic N) is 1. The molecule has 0 aromatic carbocycles. The maximum absolute atomic E-state index is 12.9. The van der Waals surface area contributed by atoms with Gasteiger partial charge < -0.3 is 11.1 Å². The van der Waals surface area contributed by atoms with Crippen molar-refractivity contribution < 1.29 is 13.6 Å². The van der Waals surface area contributed by atoms with Crippen LogP contribution in [0.3, 0.4) is 0 Å². The number of carbonyl (C=O) groups is 1. The number of halogens is 4. The second-order valence-electron chi connectivity index (χ2n) is 4.90. The fourth-order valence-corrected chi connectivity index (χ4v) is 2.08. The van der Waals surface area contributed by atoms with Crippen LogP contribution in [0.1, 0.15) is 32.6 Å². The van der Waals surface area contributed by atoms with Crippen LogP contribution in [0.15, 0.2) is 0 Å². The van der Waals surface area contributed by atoms with Crippen molar-refractivity contribution >= 4 is 30.7 Å². The molecule has 1 unspecified atom stereocenters. The van der Waals surface area contributed by atoms with Gasteiger partial charge in [-0.1, -0.05) is 12.8 Å². The monoisotopic (exact) mass is 335 g/mol. The Kier molecular flexibility index (Phi) is 11.7. The van der Waals surface area contributed by atoms with Crippen LogP contribution in [-0.4, -0.2) is 49.0 Å². The van der Waals surface area contributed by atoms with Gasteiger partial charge in [0.2, 0.25) is 5.91 Å². The van der Waals surface area contributed by atoms with Crippen LogP contribution < -0.4 is 11.1 Å². The molecule has 8 heteroatoms. The van der Waals surface area contributed by atoms with Gasteiger partial charge in [0.25, 0.3) is 5.92 Å². The summed E-state index contributed by atoms with van der Waals surface area (Å²) in [4.78, 5) is 13.8. The molecule has 1 fully saturated rings. The highest BCUT2D eigenvalue weighted by molar-refractivity contribution is 5.85. The predicted octanol–water partition coefficient (Wildman–Crippen LogP) is 1.80. The highest BCUT2D eigenvalue weighted by Gasteiger charge is 2.29. The lowest BCUT2D eigenvalue weighted by atomic mass is 10.2. The second-order valence-corrected chi connectivity index (χ2v) is 4.90. The summed E-state index contributed by atoms with van der Waals surface area (Å²) in [6, 6.07) is -0.350. The number of amides is 1. The number of likely N-dealkylation sites (tertiary alicyclic amines) is 1. The van der Waals surface area contributed by atoms with Gasteiger partial charge in [-0.25, -0.2) is 8.78 Å². The van der Waals surface area contributed by atoms with E-state index in [1.54, 1.807) is 6.92 Å². The van der Waals surface area contributed by atoms with Crippen molar-refractivity contribution in [2.45, 2.75) is 44.6 Å². The molecule has 1 atom stereocenters. The van der Waals surface area contributed by atoms with Crippen molar-refractivity contribution in [3.8, 4) is 0 Å². The fraction of sp³-hybridized carbons (Fsp3) is 0.917. The van der Waals surface area contributed by atoms with E-state index in [4.69, 9.17) is 5.73 Å². The molecule has 1 aliphatic heterocycles. The zero-order valence-corrected chi connectivity index (χ0v) is 13.4. The van der Waals surface area contributed by atoms with Gasteiger partial charge >= 0.3 is 0 Å². The maximum atomic E-state index is 12.9. The third-order valence-corrected chi connectivity index (χ3v) is 3.39. The molecule has 4 nitrogen and oxygen atoms in total. The Hall–Kier alpha value is -0.170. The third kappa shape index (κ3) is 7.57. The van der Waals surface area contributed by atoms with Crippen molar-refractivity contribution in [1.82, 2.24) is 10.2 Å². The standard InChI is InChI=1S/C12H23F2N3O.2ClH/c1-10(17-6-4-2-3-5-7-17)11(18)16-9-12(13,14)8-15;;/h10H,2-9,15H2,1H3,(H,16,18);2*1H. The molecular weight excluding hydrogens is 311 g/mol. The summed E-state index contributed by atoms with van der Waals surface area (Å²) in [6.45, 7) is 2.07. The molecule has 0 aliphatic carbocycles. The van der Waals surface area contributed by atoms with Gasteiger partial charge in [0, 0.05) is 0 Å². The zero-order chi connectivity index (χ0) is 13.6. The van der Waals surface area contributed by atoms with E-state index < -0.39 is 19.0 Å². The topological polar surface area (TPSA) is 58.4 Å². The van der Waals surface area contributed by atoms with Gasteiger partial charge in [-0.15, -0.1) is 24.8 Å². The molecule has 0 aromatic heterocycles. The van der Waals surface area contributed by atoms with Crippen LogP contribution in [0, 0.1) is 0 Å². The quantitative estimate of drug-likeness (QED) is 0.805. The Morgan fingerprint density at radius 1 is 1.25 bits per heavy atom. The number of nitrogens with two attached hydrogens (primary N) is 1. The van der Waals surface area contributed by atoms with Crippen LogP contribution in [0.25, 0.3) is 0 Å². The van der Waals surface area contributed by atoms with Crippen LogP contribution in [-0.2, 0) is 4.79 Å². The minimum atomic E-state index is -3.02. The first kappa shape index (κ1) is 22.1. The van der Waals surface area contributed by atoms with Crippen LogP contribution in [0.5, 0.6) is 0 Å². The largest absolute Gasteiger partial charge is 0.349 e. The molecule has 122 valence electrons. The molecular formula is C12H25Cl2F2N3O. The lowest BCUT2D eigenvalue weighted by molar-refractivity contribution is -0.127. The fourth-order valence-electron chi connectivity index (χ4n) is 2.08. The van der Waals surface area contributed by atoms with E-state index in [0.717, 1.165) is 25.9 Å². The Morgan fingerprint density at radius 3 is 2.20 bits per heavy atom. The van der Waals surface area contributed by atoms with E-state index in [0.29, 0.717) is 0 Å². The van der Waals surface area contributed by atoms with Gasteiger partial charge in [-0.2, -0.15) is 0 Å². The summed E-state index contributed by atoms with van der Waals surface area (Å²) in [7, 11) is 0. The third-order valence-electron chi connectivity index (χ3n) is 3.39. The molecule has 1 saturated heterocycles. The average Bonchev–Trinajstić information content (AvgIpc) is 2.64. The molecule has 1 heterocycles. The van der Waals surface area contributed by atoms with Gasteiger partial charge in [0.1, 0.15) is 0 Å². The van der Waals surface area contributed by atoms with Crippen LogP contribution in [0.4, 0.5) is 8.78 Å². The summed E-state index contributed by atoms with van der Waals surface area (Å²) in [6.07, 6.45) is 4.49. The van der Waals surface area contributed by atoms with Crippen molar-refractivity contribution in [2.24, 2.45) is 5.73 Å². The number of hydrogen-bond acceptors (Lipinski definition) is 3. The highest BCUT2D eigenvalue weighted by atomic mass is 35.5. The second kappa shape index (κ2) is 10.5. The van der Waals surface area contributed by atoms with E-state index >= 15 is 0 Å². The normalized spacial score (nSPS) is 18.2. The Labute approximate surface area is 131 Å². The van der Waals surface area contributed by atoms with E-state index in [-0.39, 0.29) is 36.8 Å². The SMILES string of the molecule is CC(C(=O)NCC(F)(F)CN)N1CCCCCC1.Cl.Cl. The molecule has 0 aromatic rings. The smallest absolute Gasteiger partial charge is 0.277 e. The number of alkyl halides is 2. The molecule has 0 radical (unpaired) electrons. The predicted molar refractivity (Wildman–Crippen MR) is 81.0 cm³/mol. The van der Waals surface area contributed by atoms with Gasteiger partial charge in [0.15, 0.2) is 0 Å². The van der Waals surface area contributed by atoms with Gasteiger partial charge in [0.05, 0.1) is 19.1 Å². The summed E-state index contributed by atoms with van der Waals surface area (Å²) in [5, 5.41) is 2.28. The molecule has 20 heavy (non-hydrogen) atoms. The lowest BCUT2D eigenvalue weighted by Crippen LogP contribution is -2.49. The summed E-state index contributed by atoms with van der Waals surface area (Å²) < 4.78 is 25.9. The molecule has 0 spiro atoms. The summed E-state index contributed by atoms with van der Waals surface area (Å²) >= 11 is 0. The Bertz CT molecular complexity index is 275. The van der Waals surface area contributed by atoms with Crippen molar-refractivity contribution in [3.05, 3.63) is 0 Å². The van der Waals surface area contributed by atoms with E-state index in [1.165, 1.54) is 12.8 Å². The van der Waals surface area contributed by atoms with Crippen LogP contribution >= 0.6 is 24.8 Å². The summed E-state index contributed by atoms with van der Waals surface area (Å²) in [5.74, 6) is -3.36. The number of nitrogens with one attached hydrogen (secondary N) is 1. The minimum absolute atomic E-state index is 0. The van der Waals surface area contributed by atoms with Crippen molar-refractivity contribution in [2.75, 3.05) is 26.2 Å². The molecule has 0 saturated carbocycles. The van der Waals surface area contributed by atoms with Crippen molar-refractivity contribution in [1.29, 1.82) is 0 Å². The minimum Gasteiger partial charge on any atom is -0.349 e. The number of hydrogen-bond donors (Lipinski definition) is 2. The molecule has 3 N–H and O–H groups in total. The van der Waals surface area contributed by atoms with E-state index in [9.17, 15) is 13.6 Å². The Balaban J connectivity index is 0. The number of carbonyl (C=O) groups excluding carboxylic acids is 1. The zero-order valence-electron chi connectivity index (χ0n) is 11.7. The Morgan fingerprint density at radius 2 is 1.75 bits per heavy atom. The molecule has 1 aliphatic rings. The van der Waals surface area contributed by atoms with Crippen LogP contribution in [0.2, 0.25) is 0 Å². The summed E-state index contributed by atoms with van der Waals surface area (Å²) in [5.41, 5.74) is 4.92. The van der Waals surface area contributed by atoms with Crippen molar-refractivity contribution in [3.63, 3.8) is 0 Å². The first-order valence-electron chi connectivity index (χ1n) is 6.56. The van der Waals surface area contributed by atoms with E-state index in [2.05, 4.69) is 10.2 Å². The average molecular weight is 336 g/mol. The first-order valence-corrected chi connectivity index (χ1v) is 6.56. The number of rotatable bonds is 5. The molecule has 1 rings (SSSR count). The maximum Gasteiger partial charge on any atom is 0.277 e. The van der Waals surface area contributed by atoms with E-state index in [1.807, 2.05) is 0 Å². The lowest BCUT2D eigenvalue weighted by Gasteiger charge is -2.27. The molecule has 1 amide bonds. The van der Waals surface area contributed by atoms with Gasteiger partial charge in [-0.3, -0.25) is 9.69 Å².